The highest BCUT2D eigenvalue weighted by Crippen LogP contribution is 2.19. The van der Waals surface area contributed by atoms with Crippen molar-refractivity contribution in [1.29, 1.82) is 0 Å². The number of nitrogens with zero attached hydrogens (tertiary/aromatic N) is 5. The largest absolute Gasteiger partial charge is 0.352 e. The van der Waals surface area contributed by atoms with E-state index in [2.05, 4.69) is 25.4 Å². The molecule has 26 heavy (non-hydrogen) atoms. The molecule has 132 valence electrons. The van der Waals surface area contributed by atoms with Crippen LogP contribution in [0.4, 0.5) is 15.6 Å². The second-order valence-corrected chi connectivity index (χ2v) is 6.84. The van der Waals surface area contributed by atoms with E-state index in [-0.39, 0.29) is 6.03 Å². The zero-order chi connectivity index (χ0) is 17.8. The highest BCUT2D eigenvalue weighted by Gasteiger charge is 2.22. The van der Waals surface area contributed by atoms with Crippen LogP contribution in [0.25, 0.3) is 11.3 Å². The van der Waals surface area contributed by atoms with Gasteiger partial charge >= 0.3 is 6.03 Å². The maximum absolute atomic E-state index is 12.3. The van der Waals surface area contributed by atoms with Gasteiger partial charge in [0.25, 0.3) is 0 Å². The Morgan fingerprint density at radius 3 is 2.46 bits per heavy atom. The summed E-state index contributed by atoms with van der Waals surface area (Å²) in [6.07, 6.45) is 3.48. The van der Waals surface area contributed by atoms with Crippen molar-refractivity contribution in [2.45, 2.75) is 0 Å². The van der Waals surface area contributed by atoms with Gasteiger partial charge in [-0.3, -0.25) is 10.3 Å². The fraction of sp³-hybridized carbons (Fsp3) is 0.222. The number of aromatic nitrogens is 3. The van der Waals surface area contributed by atoms with Crippen molar-refractivity contribution >= 4 is 28.2 Å². The average Bonchev–Trinajstić information content (AvgIpc) is 3.22. The molecule has 7 nitrogen and oxygen atoms in total. The Hall–Kier alpha value is -3.00. The molecule has 8 heteroatoms. The molecule has 1 aliphatic heterocycles. The van der Waals surface area contributed by atoms with Crippen molar-refractivity contribution in [2.24, 2.45) is 0 Å². The molecule has 3 aromatic rings. The number of carbonyl (C=O) groups is 1. The van der Waals surface area contributed by atoms with Gasteiger partial charge in [-0.25, -0.2) is 4.79 Å². The van der Waals surface area contributed by atoms with Crippen molar-refractivity contribution in [3.8, 4) is 11.3 Å². The summed E-state index contributed by atoms with van der Waals surface area (Å²) in [5.74, 6) is 0.834. The van der Waals surface area contributed by atoms with Gasteiger partial charge in [-0.05, 0) is 41.8 Å². The molecule has 0 atom stereocenters. The minimum absolute atomic E-state index is 0.0498. The van der Waals surface area contributed by atoms with E-state index in [1.54, 1.807) is 12.4 Å². The molecule has 0 aliphatic carbocycles. The first-order chi connectivity index (χ1) is 12.8. The molecular formula is C18H18N6OS. The van der Waals surface area contributed by atoms with Gasteiger partial charge < -0.3 is 9.80 Å². The van der Waals surface area contributed by atoms with E-state index in [0.717, 1.165) is 35.2 Å². The summed E-state index contributed by atoms with van der Waals surface area (Å²) < 4.78 is 0. The number of nitrogens with one attached hydrogen (secondary N) is 1. The van der Waals surface area contributed by atoms with Crippen molar-refractivity contribution in [3.05, 3.63) is 54.2 Å². The number of rotatable bonds is 3. The summed E-state index contributed by atoms with van der Waals surface area (Å²) in [5, 5.41) is 14.4. The summed E-state index contributed by atoms with van der Waals surface area (Å²) in [6.45, 7) is 2.79. The molecule has 0 bridgehead atoms. The molecule has 0 saturated carbocycles. The van der Waals surface area contributed by atoms with Crippen molar-refractivity contribution < 1.29 is 4.79 Å². The van der Waals surface area contributed by atoms with Gasteiger partial charge in [0.2, 0.25) is 0 Å². The van der Waals surface area contributed by atoms with Gasteiger partial charge in [-0.1, -0.05) is 0 Å². The van der Waals surface area contributed by atoms with Gasteiger partial charge in [0.05, 0.1) is 10.7 Å². The van der Waals surface area contributed by atoms with E-state index < -0.39 is 0 Å². The smallest absolute Gasteiger partial charge is 0.322 e. The van der Waals surface area contributed by atoms with E-state index in [0.29, 0.717) is 13.1 Å². The number of hydrogen-bond acceptors (Lipinski definition) is 6. The van der Waals surface area contributed by atoms with Crippen molar-refractivity contribution in [2.75, 3.05) is 36.4 Å². The number of hydrogen-bond donors (Lipinski definition) is 1. The Balaban J connectivity index is 1.35. The Kier molecular flexibility index (Phi) is 4.74. The van der Waals surface area contributed by atoms with Gasteiger partial charge in [0, 0.05) is 44.1 Å². The molecule has 0 radical (unpaired) electrons. The Labute approximate surface area is 155 Å². The first kappa shape index (κ1) is 16.5. The minimum atomic E-state index is -0.0498. The van der Waals surface area contributed by atoms with Gasteiger partial charge in [-0.15, -0.1) is 21.5 Å². The normalized spacial score (nSPS) is 14.3. The monoisotopic (exact) mass is 366 g/mol. The van der Waals surface area contributed by atoms with Crippen LogP contribution in [0.5, 0.6) is 0 Å². The van der Waals surface area contributed by atoms with Gasteiger partial charge in [0.1, 0.15) is 0 Å². The second kappa shape index (κ2) is 7.49. The number of anilines is 2. The fourth-order valence-corrected chi connectivity index (χ4v) is 3.45. The first-order valence-corrected chi connectivity index (χ1v) is 9.26. The van der Waals surface area contributed by atoms with E-state index in [4.69, 9.17) is 0 Å². The predicted molar refractivity (Wildman–Crippen MR) is 102 cm³/mol. The molecule has 4 heterocycles. The van der Waals surface area contributed by atoms with Crippen molar-refractivity contribution in [1.82, 2.24) is 20.1 Å². The van der Waals surface area contributed by atoms with E-state index in [1.165, 1.54) is 11.3 Å². The highest BCUT2D eigenvalue weighted by molar-refractivity contribution is 7.14. The molecule has 1 fully saturated rings. The zero-order valence-electron chi connectivity index (χ0n) is 14.1. The maximum atomic E-state index is 12.3. The fourth-order valence-electron chi connectivity index (χ4n) is 2.84. The molecule has 0 aromatic carbocycles. The summed E-state index contributed by atoms with van der Waals surface area (Å²) in [6, 6.07) is 11.5. The molecule has 0 spiro atoms. The van der Waals surface area contributed by atoms with Crippen molar-refractivity contribution in [3.63, 3.8) is 0 Å². The topological polar surface area (TPSA) is 74.2 Å². The average molecular weight is 366 g/mol. The quantitative estimate of drug-likeness (QED) is 0.771. The van der Waals surface area contributed by atoms with Crippen LogP contribution in [0.1, 0.15) is 0 Å². The SMILES string of the molecule is O=C(Nc1cccs1)N1CCN(c2ccc(-c3ccncc3)nn2)CC1. The third-order valence-corrected chi connectivity index (χ3v) is 5.05. The molecule has 1 aliphatic rings. The Morgan fingerprint density at radius 2 is 1.81 bits per heavy atom. The Bertz CT molecular complexity index is 845. The lowest BCUT2D eigenvalue weighted by atomic mass is 10.2. The van der Waals surface area contributed by atoms with Crippen LogP contribution < -0.4 is 10.2 Å². The zero-order valence-corrected chi connectivity index (χ0v) is 14.9. The number of piperazine rings is 1. The van der Waals surface area contributed by atoms with Crippen LogP contribution in [-0.4, -0.2) is 52.3 Å². The Morgan fingerprint density at radius 1 is 1.00 bits per heavy atom. The number of thiophene rings is 1. The van der Waals surface area contributed by atoms with E-state index in [1.807, 2.05) is 46.7 Å². The molecule has 4 rings (SSSR count). The van der Waals surface area contributed by atoms with E-state index >= 15 is 0 Å². The number of amides is 2. The van der Waals surface area contributed by atoms with Crippen LogP contribution in [0.2, 0.25) is 0 Å². The lowest BCUT2D eigenvalue weighted by Crippen LogP contribution is -2.50. The summed E-state index contributed by atoms with van der Waals surface area (Å²) in [5.41, 5.74) is 1.82. The highest BCUT2D eigenvalue weighted by atomic mass is 32.1. The molecule has 1 N–H and O–H groups in total. The molecule has 1 saturated heterocycles. The lowest BCUT2D eigenvalue weighted by molar-refractivity contribution is 0.208. The van der Waals surface area contributed by atoms with Crippen LogP contribution >= 0.6 is 11.3 Å². The molecule has 0 unspecified atom stereocenters. The van der Waals surface area contributed by atoms with Gasteiger partial charge in [0.15, 0.2) is 5.82 Å². The van der Waals surface area contributed by atoms with Crippen LogP contribution in [0, 0.1) is 0 Å². The standard InChI is InChI=1S/C18H18N6OS/c25-18(20-17-2-1-13-26-17)24-11-9-23(10-12-24)16-4-3-15(21-22-16)14-5-7-19-8-6-14/h1-8,13H,9-12H2,(H,20,25). The van der Waals surface area contributed by atoms with Crippen LogP contribution in [0.3, 0.4) is 0 Å². The summed E-state index contributed by atoms with van der Waals surface area (Å²) >= 11 is 1.52. The number of urea groups is 1. The molecule has 2 amide bonds. The van der Waals surface area contributed by atoms with Gasteiger partial charge in [-0.2, -0.15) is 0 Å². The lowest BCUT2D eigenvalue weighted by Gasteiger charge is -2.35. The number of carbonyl (C=O) groups excluding carboxylic acids is 1. The molecular weight excluding hydrogens is 348 g/mol. The van der Waals surface area contributed by atoms with Crippen LogP contribution in [-0.2, 0) is 0 Å². The maximum Gasteiger partial charge on any atom is 0.322 e. The predicted octanol–water partition coefficient (Wildman–Crippen LogP) is 2.95. The summed E-state index contributed by atoms with van der Waals surface area (Å²) in [7, 11) is 0. The first-order valence-electron chi connectivity index (χ1n) is 8.38. The number of pyridine rings is 1. The minimum Gasteiger partial charge on any atom is -0.352 e. The second-order valence-electron chi connectivity index (χ2n) is 5.89. The molecule has 3 aromatic heterocycles. The summed E-state index contributed by atoms with van der Waals surface area (Å²) in [4.78, 5) is 20.3. The third-order valence-electron chi connectivity index (χ3n) is 4.27. The third kappa shape index (κ3) is 3.65. The van der Waals surface area contributed by atoms with E-state index in [9.17, 15) is 4.79 Å². The van der Waals surface area contributed by atoms with Crippen LogP contribution in [0.15, 0.2) is 54.2 Å².